The van der Waals surface area contributed by atoms with Crippen LogP contribution in [0.5, 0.6) is 0 Å². The van der Waals surface area contributed by atoms with E-state index in [4.69, 9.17) is 6.42 Å². The predicted molar refractivity (Wildman–Crippen MR) is 46.4 cm³/mol. The molecule has 1 unspecified atom stereocenters. The van der Waals surface area contributed by atoms with E-state index in [2.05, 4.69) is 19.8 Å². The summed E-state index contributed by atoms with van der Waals surface area (Å²) in [6.07, 6.45) is 11.0. The Balaban J connectivity index is 2.86. The van der Waals surface area contributed by atoms with Crippen molar-refractivity contribution in [3.8, 4) is 12.3 Å². The van der Waals surface area contributed by atoms with Gasteiger partial charge in [-0.15, -0.1) is 12.3 Å². The average molecular weight is 137 g/mol. The van der Waals surface area contributed by atoms with Crippen LogP contribution in [0.4, 0.5) is 0 Å². The Labute approximate surface area is 65.0 Å². The second-order valence-electron chi connectivity index (χ2n) is 2.91. The minimum absolute atomic E-state index is 0.603. The van der Waals surface area contributed by atoms with Crippen LogP contribution in [0.2, 0.25) is 0 Å². The third-order valence-electron chi connectivity index (χ3n) is 1.52. The summed E-state index contributed by atoms with van der Waals surface area (Å²) in [7, 11) is 0. The van der Waals surface area contributed by atoms with Gasteiger partial charge < -0.3 is 0 Å². The Morgan fingerprint density at radius 1 is 1.40 bits per heavy atom. The summed E-state index contributed by atoms with van der Waals surface area (Å²) in [6, 6.07) is 0. The Morgan fingerprint density at radius 3 is 2.60 bits per heavy atom. The topological polar surface area (TPSA) is 0 Å². The minimum atomic E-state index is 0.603. The molecule has 1 radical (unpaired) electrons. The third kappa shape index (κ3) is 7.56. The molecule has 0 spiro atoms. The normalized spacial score (nSPS) is 9.80. The van der Waals surface area contributed by atoms with Crippen LogP contribution in [-0.4, -0.2) is 0 Å². The fraction of sp³-hybridized carbons (Fsp3) is 0.700. The maximum atomic E-state index is 5.11. The standard InChI is InChI=1S/C10H17/c1-4-5-6-7-8-9-10(2)3/h1,10H,2,5-9H2,3H3. The summed E-state index contributed by atoms with van der Waals surface area (Å²) < 4.78 is 0. The van der Waals surface area contributed by atoms with Gasteiger partial charge in [0, 0.05) is 6.42 Å². The fourth-order valence-electron chi connectivity index (χ4n) is 0.897. The van der Waals surface area contributed by atoms with Crippen LogP contribution in [0.1, 0.15) is 39.0 Å². The number of terminal acetylenes is 1. The second kappa shape index (κ2) is 6.68. The first-order chi connectivity index (χ1) is 4.77. The Bertz CT molecular complexity index is 95.1. The zero-order valence-electron chi connectivity index (χ0n) is 6.90. The lowest BCUT2D eigenvalue weighted by Crippen LogP contribution is -1.86. The van der Waals surface area contributed by atoms with Gasteiger partial charge in [0.05, 0.1) is 0 Å². The van der Waals surface area contributed by atoms with Crippen molar-refractivity contribution in [2.75, 3.05) is 0 Å². The molecule has 10 heavy (non-hydrogen) atoms. The van der Waals surface area contributed by atoms with E-state index in [-0.39, 0.29) is 0 Å². The van der Waals surface area contributed by atoms with E-state index in [9.17, 15) is 0 Å². The minimum Gasteiger partial charge on any atom is -0.120 e. The molecule has 0 aromatic rings. The Morgan fingerprint density at radius 2 is 2.10 bits per heavy atom. The Hall–Kier alpha value is -0.440. The van der Waals surface area contributed by atoms with Crippen LogP contribution >= 0.6 is 0 Å². The van der Waals surface area contributed by atoms with E-state index >= 15 is 0 Å². The molecule has 0 rings (SSSR count). The summed E-state index contributed by atoms with van der Waals surface area (Å²) in [5.74, 6) is 3.24. The number of rotatable bonds is 5. The summed E-state index contributed by atoms with van der Waals surface area (Å²) in [6.45, 7) is 6.07. The third-order valence-corrected chi connectivity index (χ3v) is 1.52. The van der Waals surface area contributed by atoms with E-state index in [0.717, 1.165) is 6.42 Å². The first-order valence-corrected chi connectivity index (χ1v) is 4.04. The molecule has 0 saturated heterocycles. The van der Waals surface area contributed by atoms with Crippen molar-refractivity contribution in [2.24, 2.45) is 5.92 Å². The number of hydrogen-bond donors (Lipinski definition) is 0. The molecule has 0 saturated carbocycles. The molecule has 0 aromatic carbocycles. The SMILES string of the molecule is C#CCCCCCC([CH2])C. The van der Waals surface area contributed by atoms with Gasteiger partial charge in [-0.2, -0.15) is 0 Å². The van der Waals surface area contributed by atoms with Crippen molar-refractivity contribution in [1.82, 2.24) is 0 Å². The lowest BCUT2D eigenvalue weighted by atomic mass is 10.0. The molecule has 57 valence electrons. The van der Waals surface area contributed by atoms with E-state index in [0.29, 0.717) is 5.92 Å². The van der Waals surface area contributed by atoms with Crippen LogP contribution in [0.3, 0.4) is 0 Å². The zero-order valence-corrected chi connectivity index (χ0v) is 6.90. The van der Waals surface area contributed by atoms with Crippen LogP contribution in [0.15, 0.2) is 0 Å². The molecule has 0 nitrogen and oxygen atoms in total. The highest BCUT2D eigenvalue weighted by Crippen LogP contribution is 2.08. The van der Waals surface area contributed by atoms with Gasteiger partial charge in [-0.1, -0.05) is 33.1 Å². The molecule has 0 bridgehead atoms. The zero-order chi connectivity index (χ0) is 7.82. The molecule has 0 amide bonds. The maximum Gasteiger partial charge on any atom is 0.00860 e. The summed E-state index contributed by atoms with van der Waals surface area (Å²) in [5.41, 5.74) is 0. The van der Waals surface area contributed by atoms with Crippen LogP contribution < -0.4 is 0 Å². The average Bonchev–Trinajstić information content (AvgIpc) is 1.87. The van der Waals surface area contributed by atoms with Gasteiger partial charge in [-0.05, 0) is 12.3 Å². The van der Waals surface area contributed by atoms with Crippen LogP contribution in [0, 0.1) is 25.2 Å². The molecule has 0 N–H and O–H groups in total. The smallest absolute Gasteiger partial charge is 0.00860 e. The number of unbranched alkanes of at least 4 members (excludes halogenated alkanes) is 3. The largest absolute Gasteiger partial charge is 0.120 e. The fourth-order valence-corrected chi connectivity index (χ4v) is 0.897. The monoisotopic (exact) mass is 137 g/mol. The van der Waals surface area contributed by atoms with Crippen LogP contribution in [-0.2, 0) is 0 Å². The molecular weight excluding hydrogens is 120 g/mol. The van der Waals surface area contributed by atoms with Gasteiger partial charge >= 0.3 is 0 Å². The summed E-state index contributed by atoms with van der Waals surface area (Å²) >= 11 is 0. The van der Waals surface area contributed by atoms with E-state index in [1.165, 1.54) is 25.7 Å². The van der Waals surface area contributed by atoms with Gasteiger partial charge in [-0.25, -0.2) is 0 Å². The van der Waals surface area contributed by atoms with Crippen molar-refractivity contribution < 1.29 is 0 Å². The molecule has 0 fully saturated rings. The molecule has 0 aliphatic heterocycles. The van der Waals surface area contributed by atoms with Gasteiger partial charge in [-0.3, -0.25) is 0 Å². The van der Waals surface area contributed by atoms with E-state index < -0.39 is 0 Å². The second-order valence-corrected chi connectivity index (χ2v) is 2.91. The van der Waals surface area contributed by atoms with E-state index in [1.54, 1.807) is 0 Å². The van der Waals surface area contributed by atoms with Gasteiger partial charge in [0.15, 0.2) is 0 Å². The Kier molecular flexibility index (Phi) is 6.38. The lowest BCUT2D eigenvalue weighted by molar-refractivity contribution is 0.566. The first kappa shape index (κ1) is 9.56. The number of hydrogen-bond acceptors (Lipinski definition) is 0. The van der Waals surface area contributed by atoms with Gasteiger partial charge in [0.2, 0.25) is 0 Å². The van der Waals surface area contributed by atoms with Crippen molar-refractivity contribution in [3.05, 3.63) is 6.92 Å². The highest BCUT2D eigenvalue weighted by molar-refractivity contribution is 4.82. The molecule has 0 aliphatic rings. The van der Waals surface area contributed by atoms with Gasteiger partial charge in [0.25, 0.3) is 0 Å². The van der Waals surface area contributed by atoms with Crippen molar-refractivity contribution in [3.63, 3.8) is 0 Å². The molecule has 0 aromatic heterocycles. The molecule has 0 heterocycles. The molecule has 0 aliphatic carbocycles. The van der Waals surface area contributed by atoms with Crippen molar-refractivity contribution in [2.45, 2.75) is 39.0 Å². The summed E-state index contributed by atoms with van der Waals surface area (Å²) in [4.78, 5) is 0. The molecule has 1 atom stereocenters. The molecular formula is C10H17. The highest BCUT2D eigenvalue weighted by Gasteiger charge is 1.92. The van der Waals surface area contributed by atoms with Crippen molar-refractivity contribution in [1.29, 1.82) is 0 Å². The van der Waals surface area contributed by atoms with Crippen LogP contribution in [0.25, 0.3) is 0 Å². The molecule has 0 heteroatoms. The quantitative estimate of drug-likeness (QED) is 0.403. The van der Waals surface area contributed by atoms with E-state index in [1.807, 2.05) is 0 Å². The van der Waals surface area contributed by atoms with Crippen molar-refractivity contribution >= 4 is 0 Å². The summed E-state index contributed by atoms with van der Waals surface area (Å²) in [5, 5.41) is 0. The highest BCUT2D eigenvalue weighted by atomic mass is 14.0. The first-order valence-electron chi connectivity index (χ1n) is 4.04. The lowest BCUT2D eigenvalue weighted by Gasteiger charge is -2.01. The predicted octanol–water partition coefficient (Wildman–Crippen LogP) is 3.04. The van der Waals surface area contributed by atoms with Gasteiger partial charge in [0.1, 0.15) is 0 Å². The maximum absolute atomic E-state index is 5.11.